The molecule has 0 amide bonds. The Morgan fingerprint density at radius 1 is 1.15 bits per heavy atom. The van der Waals surface area contributed by atoms with Crippen molar-refractivity contribution in [3.63, 3.8) is 0 Å². The fourth-order valence-corrected chi connectivity index (χ4v) is 2.99. The fourth-order valence-electron chi connectivity index (χ4n) is 2.09. The number of fused-ring (bicyclic) bond motifs is 3. The van der Waals surface area contributed by atoms with Crippen LogP contribution in [0.3, 0.4) is 0 Å². The van der Waals surface area contributed by atoms with Gasteiger partial charge in [-0.1, -0.05) is 12.1 Å². The van der Waals surface area contributed by atoms with Gasteiger partial charge < -0.3 is 5.11 Å². The first kappa shape index (κ1) is 11.6. The lowest BCUT2D eigenvalue weighted by Gasteiger charge is -1.99. The molecule has 0 spiro atoms. The second kappa shape index (κ2) is 4.16. The minimum Gasteiger partial charge on any atom is -0.506 e. The Kier molecular flexibility index (Phi) is 2.42. The lowest BCUT2D eigenvalue weighted by atomic mass is 10.2. The molecule has 0 saturated heterocycles. The average molecular weight is 303 g/mol. The maximum atomic E-state index is 9.78. The van der Waals surface area contributed by atoms with E-state index in [0.717, 1.165) is 10.9 Å². The van der Waals surface area contributed by atoms with E-state index in [-0.39, 0.29) is 11.0 Å². The minimum atomic E-state index is 0.166. The monoisotopic (exact) mass is 302 g/mol. The first-order valence-corrected chi connectivity index (χ1v) is 7.12. The molecule has 3 aromatic heterocycles. The smallest absolute Gasteiger partial charge is 0.226 e. The molecule has 0 radical (unpaired) electrons. The molecule has 0 aliphatic heterocycles. The lowest BCUT2D eigenvalue weighted by molar-refractivity contribution is 0.479. The average Bonchev–Trinajstić information content (AvgIpc) is 3.05. The Morgan fingerprint density at radius 3 is 2.80 bits per heavy atom. The van der Waals surface area contributed by atoms with Crippen molar-refractivity contribution in [2.24, 2.45) is 0 Å². The van der Waals surface area contributed by atoms with Crippen molar-refractivity contribution in [1.29, 1.82) is 0 Å². The highest BCUT2D eigenvalue weighted by molar-refractivity contribution is 7.08. The quantitative estimate of drug-likeness (QED) is 0.548. The number of para-hydroxylation sites is 1. The van der Waals surface area contributed by atoms with E-state index in [4.69, 9.17) is 11.6 Å². The Hall–Kier alpha value is -2.18. The van der Waals surface area contributed by atoms with E-state index in [1.165, 1.54) is 15.9 Å². The summed E-state index contributed by atoms with van der Waals surface area (Å²) in [6.45, 7) is 0. The van der Waals surface area contributed by atoms with Gasteiger partial charge in [-0.25, -0.2) is 9.97 Å². The molecule has 0 atom stereocenters. The number of thiophene rings is 1. The fraction of sp³-hybridized carbons (Fsp3) is 0. The molecule has 4 aromatic rings. The van der Waals surface area contributed by atoms with Gasteiger partial charge in [0.15, 0.2) is 11.5 Å². The number of aromatic nitrogens is 4. The lowest BCUT2D eigenvalue weighted by Crippen LogP contribution is -1.94. The van der Waals surface area contributed by atoms with E-state index in [2.05, 4.69) is 15.1 Å². The summed E-state index contributed by atoms with van der Waals surface area (Å²) >= 11 is 7.53. The van der Waals surface area contributed by atoms with Gasteiger partial charge in [-0.05, 0) is 23.7 Å². The van der Waals surface area contributed by atoms with Crippen molar-refractivity contribution >= 4 is 39.5 Å². The number of benzene rings is 1. The van der Waals surface area contributed by atoms with Crippen molar-refractivity contribution in [2.75, 3.05) is 0 Å². The van der Waals surface area contributed by atoms with Crippen molar-refractivity contribution in [1.82, 2.24) is 19.6 Å². The summed E-state index contributed by atoms with van der Waals surface area (Å²) in [4.78, 5) is 8.77. The zero-order valence-corrected chi connectivity index (χ0v) is 11.6. The molecule has 0 fully saturated rings. The zero-order valence-electron chi connectivity index (χ0n) is 9.99. The second-order valence-corrected chi connectivity index (χ2v) is 5.32. The van der Waals surface area contributed by atoms with E-state index in [1.54, 1.807) is 10.8 Å². The van der Waals surface area contributed by atoms with Crippen LogP contribution in [0.5, 0.6) is 5.75 Å². The third-order valence-electron chi connectivity index (χ3n) is 3.02. The summed E-state index contributed by atoms with van der Waals surface area (Å²) in [7, 11) is 0. The predicted molar refractivity (Wildman–Crippen MR) is 78.3 cm³/mol. The van der Waals surface area contributed by atoms with Crippen LogP contribution in [0.2, 0.25) is 5.28 Å². The van der Waals surface area contributed by atoms with Gasteiger partial charge in [-0.2, -0.15) is 4.52 Å². The summed E-state index contributed by atoms with van der Waals surface area (Å²) < 4.78 is 1.48. The standard InChI is InChI=1S/C13H7ClN4OS/c14-13-15-9-4-2-1-3-7(9)12-16-11(17-18(12)13)8-5-20-6-10(8)19/h1-6,19H. The van der Waals surface area contributed by atoms with E-state index >= 15 is 0 Å². The van der Waals surface area contributed by atoms with Gasteiger partial charge in [0, 0.05) is 16.1 Å². The summed E-state index contributed by atoms with van der Waals surface area (Å²) in [5.41, 5.74) is 1.98. The number of hydrogen-bond donors (Lipinski definition) is 1. The van der Waals surface area contributed by atoms with Crippen LogP contribution < -0.4 is 0 Å². The Bertz CT molecular complexity index is 946. The first-order valence-electron chi connectivity index (χ1n) is 5.80. The van der Waals surface area contributed by atoms with Crippen molar-refractivity contribution in [2.45, 2.75) is 0 Å². The molecule has 0 bridgehead atoms. The van der Waals surface area contributed by atoms with Crippen molar-refractivity contribution < 1.29 is 5.11 Å². The highest BCUT2D eigenvalue weighted by Gasteiger charge is 2.15. The highest BCUT2D eigenvalue weighted by Crippen LogP contribution is 2.31. The Balaban J connectivity index is 2.11. The predicted octanol–water partition coefficient (Wildman–Crippen LogP) is 3.37. The molecule has 3 heterocycles. The number of hydrogen-bond acceptors (Lipinski definition) is 5. The number of halogens is 1. The first-order chi connectivity index (χ1) is 9.74. The van der Waals surface area contributed by atoms with Gasteiger partial charge in [-0.3, -0.25) is 0 Å². The second-order valence-electron chi connectivity index (χ2n) is 4.24. The van der Waals surface area contributed by atoms with Gasteiger partial charge >= 0.3 is 0 Å². The molecule has 1 N–H and O–H groups in total. The molecule has 20 heavy (non-hydrogen) atoms. The van der Waals surface area contributed by atoms with E-state index in [0.29, 0.717) is 17.0 Å². The summed E-state index contributed by atoms with van der Waals surface area (Å²) in [6.07, 6.45) is 0. The maximum Gasteiger partial charge on any atom is 0.226 e. The number of nitrogens with zero attached hydrogens (tertiary/aromatic N) is 4. The molecule has 98 valence electrons. The third kappa shape index (κ3) is 1.59. The summed E-state index contributed by atoms with van der Waals surface area (Å²) in [5.74, 6) is 0.600. The van der Waals surface area contributed by atoms with Crippen LogP contribution in [-0.4, -0.2) is 24.7 Å². The zero-order chi connectivity index (χ0) is 13.7. The number of aromatic hydroxyl groups is 1. The van der Waals surface area contributed by atoms with Crippen LogP contribution in [0.25, 0.3) is 27.9 Å². The SMILES string of the molecule is Oc1cscc1-c1nc2c3ccccc3nc(Cl)n2n1. The molecular weight excluding hydrogens is 296 g/mol. The molecule has 4 rings (SSSR count). The van der Waals surface area contributed by atoms with Gasteiger partial charge in [0.05, 0.1) is 11.1 Å². The van der Waals surface area contributed by atoms with Crippen LogP contribution in [0.4, 0.5) is 0 Å². The van der Waals surface area contributed by atoms with Gasteiger partial charge in [0.1, 0.15) is 5.75 Å². The molecule has 0 aliphatic carbocycles. The topological polar surface area (TPSA) is 63.3 Å². The van der Waals surface area contributed by atoms with Crippen LogP contribution in [0, 0.1) is 0 Å². The van der Waals surface area contributed by atoms with Gasteiger partial charge in [-0.15, -0.1) is 16.4 Å². The van der Waals surface area contributed by atoms with E-state index < -0.39 is 0 Å². The molecule has 0 aliphatic rings. The largest absolute Gasteiger partial charge is 0.506 e. The van der Waals surface area contributed by atoms with Crippen LogP contribution >= 0.6 is 22.9 Å². The Morgan fingerprint density at radius 2 is 2.00 bits per heavy atom. The Labute approximate surface area is 122 Å². The van der Waals surface area contributed by atoms with E-state index in [9.17, 15) is 5.11 Å². The molecule has 7 heteroatoms. The molecular formula is C13H7ClN4OS. The van der Waals surface area contributed by atoms with Gasteiger partial charge in [0.25, 0.3) is 0 Å². The maximum absolute atomic E-state index is 9.78. The van der Waals surface area contributed by atoms with Crippen molar-refractivity contribution in [3.05, 3.63) is 40.3 Å². The molecule has 5 nitrogen and oxygen atoms in total. The number of rotatable bonds is 1. The van der Waals surface area contributed by atoms with E-state index in [1.807, 2.05) is 24.3 Å². The molecule has 0 saturated carbocycles. The molecule has 1 aromatic carbocycles. The highest BCUT2D eigenvalue weighted by atomic mass is 35.5. The van der Waals surface area contributed by atoms with Crippen LogP contribution in [0.1, 0.15) is 0 Å². The minimum absolute atomic E-state index is 0.166. The van der Waals surface area contributed by atoms with Crippen LogP contribution in [0.15, 0.2) is 35.0 Å². The normalized spacial score (nSPS) is 11.4. The van der Waals surface area contributed by atoms with Crippen molar-refractivity contribution in [3.8, 4) is 17.1 Å². The van der Waals surface area contributed by atoms with Gasteiger partial charge in [0.2, 0.25) is 5.28 Å². The summed E-state index contributed by atoms with van der Waals surface area (Å²) in [6, 6.07) is 7.59. The van der Waals surface area contributed by atoms with Crippen LogP contribution in [-0.2, 0) is 0 Å². The summed E-state index contributed by atoms with van der Waals surface area (Å²) in [5, 5.41) is 18.7. The molecule has 0 unspecified atom stereocenters. The third-order valence-corrected chi connectivity index (χ3v) is 4.00.